The Hall–Kier alpha value is -0.380. The molecule has 0 aliphatic carbocycles. The van der Waals surface area contributed by atoms with Gasteiger partial charge in [0, 0.05) is 17.1 Å². The summed E-state index contributed by atoms with van der Waals surface area (Å²) in [6, 6.07) is 6.72. The zero-order chi connectivity index (χ0) is 15.3. The Bertz CT molecular complexity index is 407. The van der Waals surface area contributed by atoms with E-state index in [1.54, 1.807) is 0 Å². The van der Waals surface area contributed by atoms with Gasteiger partial charge in [-0.3, -0.25) is 0 Å². The molecule has 1 rings (SSSR count). The van der Waals surface area contributed by atoms with Gasteiger partial charge < -0.3 is 11.1 Å². The fraction of sp³-hybridized carbons (Fsp3) is 0.647. The molecule has 0 aliphatic heterocycles. The minimum absolute atomic E-state index is 0.229. The molecule has 1 atom stereocenters. The molecule has 0 radical (unpaired) electrons. The van der Waals surface area contributed by atoms with E-state index < -0.39 is 0 Å². The number of halogens is 1. The Morgan fingerprint density at radius 1 is 1.15 bits per heavy atom. The second kappa shape index (κ2) is 8.16. The van der Waals surface area contributed by atoms with Crippen LogP contribution in [0.4, 0.5) is 0 Å². The largest absolute Gasteiger partial charge is 0.329 e. The smallest absolute Gasteiger partial charge is 0.0445 e. The summed E-state index contributed by atoms with van der Waals surface area (Å²) in [5.74, 6) is 2.05. The molecule has 2 nitrogen and oxygen atoms in total. The number of hydrogen-bond acceptors (Lipinski definition) is 2. The Balaban J connectivity index is 2.74. The maximum absolute atomic E-state index is 5.95. The quantitative estimate of drug-likeness (QED) is 0.777. The molecule has 0 saturated heterocycles. The third kappa shape index (κ3) is 4.87. The van der Waals surface area contributed by atoms with Crippen molar-refractivity contribution in [3.63, 3.8) is 0 Å². The van der Waals surface area contributed by atoms with Crippen LogP contribution in [0.5, 0.6) is 0 Å². The number of nitrogens with one attached hydrogen (secondary N) is 1. The third-order valence-electron chi connectivity index (χ3n) is 4.15. The predicted molar refractivity (Wildman–Crippen MR) is 91.8 cm³/mol. The van der Waals surface area contributed by atoms with E-state index in [-0.39, 0.29) is 6.04 Å². The summed E-state index contributed by atoms with van der Waals surface area (Å²) in [5.41, 5.74) is 8.47. The van der Waals surface area contributed by atoms with Gasteiger partial charge in [0.05, 0.1) is 0 Å². The second-order valence-corrected chi connectivity index (χ2v) is 7.21. The summed E-state index contributed by atoms with van der Waals surface area (Å²) < 4.78 is 1.15. The van der Waals surface area contributed by atoms with Crippen LogP contribution >= 0.6 is 15.9 Å². The van der Waals surface area contributed by atoms with Crippen molar-refractivity contribution < 1.29 is 0 Å². The van der Waals surface area contributed by atoms with Crippen LogP contribution in [0.2, 0.25) is 0 Å². The first-order valence-electron chi connectivity index (χ1n) is 7.56. The first-order chi connectivity index (χ1) is 9.36. The molecule has 0 heterocycles. The van der Waals surface area contributed by atoms with Crippen LogP contribution in [0.25, 0.3) is 0 Å². The van der Waals surface area contributed by atoms with E-state index >= 15 is 0 Å². The third-order valence-corrected chi connectivity index (χ3v) is 5.00. The normalized spacial score (nSPS) is 13.5. The van der Waals surface area contributed by atoms with E-state index in [0.29, 0.717) is 24.3 Å². The topological polar surface area (TPSA) is 38.0 Å². The molecule has 0 aromatic heterocycles. The highest BCUT2D eigenvalue weighted by Crippen LogP contribution is 2.24. The average Bonchev–Trinajstić information content (AvgIpc) is 2.37. The molecular weight excluding hydrogens is 312 g/mol. The number of nitrogens with two attached hydrogens (primary N) is 1. The van der Waals surface area contributed by atoms with Gasteiger partial charge in [0.1, 0.15) is 0 Å². The van der Waals surface area contributed by atoms with E-state index in [4.69, 9.17) is 5.73 Å². The predicted octanol–water partition coefficient (Wildman–Crippen LogP) is 4.28. The minimum atomic E-state index is 0.229. The van der Waals surface area contributed by atoms with Gasteiger partial charge in [-0.25, -0.2) is 0 Å². The summed E-state index contributed by atoms with van der Waals surface area (Å²) >= 11 is 3.60. The van der Waals surface area contributed by atoms with Crippen molar-refractivity contribution in [3.8, 4) is 0 Å². The molecule has 1 aromatic carbocycles. The van der Waals surface area contributed by atoms with Gasteiger partial charge in [-0.1, -0.05) is 55.8 Å². The van der Waals surface area contributed by atoms with Crippen LogP contribution in [0.1, 0.15) is 44.9 Å². The molecule has 1 aromatic rings. The number of rotatable bonds is 7. The highest BCUT2D eigenvalue weighted by atomic mass is 79.9. The molecular formula is C17H29BrN2. The standard InChI is InChI=1S/C17H29BrN2/c1-11(2)15(12(3)4)10-20-17(9-19)14-7-6-13(5)16(18)8-14/h6-8,11-12,15,17,20H,9-10,19H2,1-5H3. The van der Waals surface area contributed by atoms with Crippen LogP contribution in [0, 0.1) is 24.7 Å². The number of benzene rings is 1. The highest BCUT2D eigenvalue weighted by Gasteiger charge is 2.19. The lowest BCUT2D eigenvalue weighted by atomic mass is 9.85. The van der Waals surface area contributed by atoms with Gasteiger partial charge >= 0.3 is 0 Å². The second-order valence-electron chi connectivity index (χ2n) is 6.36. The first-order valence-corrected chi connectivity index (χ1v) is 8.35. The van der Waals surface area contributed by atoms with Gasteiger partial charge in [0.15, 0.2) is 0 Å². The van der Waals surface area contributed by atoms with E-state index in [0.717, 1.165) is 11.0 Å². The van der Waals surface area contributed by atoms with Crippen molar-refractivity contribution in [2.45, 2.75) is 40.7 Å². The number of hydrogen-bond donors (Lipinski definition) is 2. The van der Waals surface area contributed by atoms with E-state index in [1.807, 2.05) is 0 Å². The van der Waals surface area contributed by atoms with Crippen molar-refractivity contribution in [1.29, 1.82) is 0 Å². The zero-order valence-electron chi connectivity index (χ0n) is 13.4. The lowest BCUT2D eigenvalue weighted by Crippen LogP contribution is -2.35. The maximum atomic E-state index is 5.95. The zero-order valence-corrected chi connectivity index (χ0v) is 15.0. The molecule has 114 valence electrons. The van der Waals surface area contributed by atoms with Crippen molar-refractivity contribution in [2.24, 2.45) is 23.5 Å². The molecule has 0 saturated carbocycles. The summed E-state index contributed by atoms with van der Waals surface area (Å²) in [7, 11) is 0. The molecule has 3 N–H and O–H groups in total. The van der Waals surface area contributed by atoms with Crippen LogP contribution in [0.3, 0.4) is 0 Å². The van der Waals surface area contributed by atoms with E-state index in [2.05, 4.69) is 74.1 Å². The van der Waals surface area contributed by atoms with Gasteiger partial charge in [-0.05, 0) is 48.4 Å². The summed E-state index contributed by atoms with van der Waals surface area (Å²) in [4.78, 5) is 0. The van der Waals surface area contributed by atoms with Crippen LogP contribution in [-0.2, 0) is 0 Å². The lowest BCUT2D eigenvalue weighted by Gasteiger charge is -2.28. The Morgan fingerprint density at radius 2 is 1.75 bits per heavy atom. The van der Waals surface area contributed by atoms with Gasteiger partial charge in [-0.2, -0.15) is 0 Å². The average molecular weight is 341 g/mol. The molecule has 0 spiro atoms. The van der Waals surface area contributed by atoms with Gasteiger partial charge in [0.25, 0.3) is 0 Å². The Morgan fingerprint density at radius 3 is 2.20 bits per heavy atom. The molecule has 20 heavy (non-hydrogen) atoms. The van der Waals surface area contributed by atoms with Crippen molar-refractivity contribution in [2.75, 3.05) is 13.1 Å². The van der Waals surface area contributed by atoms with Crippen LogP contribution in [0.15, 0.2) is 22.7 Å². The van der Waals surface area contributed by atoms with Crippen molar-refractivity contribution >= 4 is 15.9 Å². The lowest BCUT2D eigenvalue weighted by molar-refractivity contribution is 0.266. The van der Waals surface area contributed by atoms with Crippen LogP contribution in [-0.4, -0.2) is 13.1 Å². The van der Waals surface area contributed by atoms with E-state index in [9.17, 15) is 0 Å². The summed E-state index contributed by atoms with van der Waals surface area (Å²) in [6.07, 6.45) is 0. The molecule has 0 amide bonds. The first kappa shape index (κ1) is 17.7. The fourth-order valence-corrected chi connectivity index (χ4v) is 3.08. The summed E-state index contributed by atoms with van der Waals surface area (Å²) in [5, 5.41) is 3.65. The van der Waals surface area contributed by atoms with Crippen LogP contribution < -0.4 is 11.1 Å². The Labute approximate surface area is 132 Å². The van der Waals surface area contributed by atoms with E-state index in [1.165, 1.54) is 11.1 Å². The van der Waals surface area contributed by atoms with Gasteiger partial charge in [-0.15, -0.1) is 0 Å². The molecule has 1 unspecified atom stereocenters. The molecule has 0 bridgehead atoms. The van der Waals surface area contributed by atoms with Gasteiger partial charge in [0.2, 0.25) is 0 Å². The molecule has 3 heteroatoms. The SMILES string of the molecule is Cc1ccc(C(CN)NCC(C(C)C)C(C)C)cc1Br. The maximum Gasteiger partial charge on any atom is 0.0445 e. The van der Waals surface area contributed by atoms with Crippen molar-refractivity contribution in [3.05, 3.63) is 33.8 Å². The van der Waals surface area contributed by atoms with Crippen molar-refractivity contribution in [1.82, 2.24) is 5.32 Å². The minimum Gasteiger partial charge on any atom is -0.329 e. The molecule has 0 aliphatic rings. The molecule has 0 fully saturated rings. The highest BCUT2D eigenvalue weighted by molar-refractivity contribution is 9.10. The summed E-state index contributed by atoms with van der Waals surface area (Å²) in [6.45, 7) is 12.9. The number of aryl methyl sites for hydroxylation is 1. The monoisotopic (exact) mass is 340 g/mol. The fourth-order valence-electron chi connectivity index (χ4n) is 2.68. The Kier molecular flexibility index (Phi) is 7.21.